The van der Waals surface area contributed by atoms with Gasteiger partial charge in [-0.3, -0.25) is 20.5 Å². The molecule has 0 radical (unpaired) electrons. The molecule has 5 rings (SSSR count). The first-order chi connectivity index (χ1) is 19.4. The van der Waals surface area contributed by atoms with E-state index in [0.29, 0.717) is 49.7 Å². The molecule has 7 nitrogen and oxygen atoms in total. The van der Waals surface area contributed by atoms with E-state index in [1.165, 1.54) is 0 Å². The van der Waals surface area contributed by atoms with E-state index in [1.54, 1.807) is 18.2 Å². The van der Waals surface area contributed by atoms with Gasteiger partial charge in [0.2, 0.25) is 0 Å². The number of aryl methyl sites for hydroxylation is 1. The van der Waals surface area contributed by atoms with Gasteiger partial charge in [0.25, 0.3) is 0 Å². The highest BCUT2D eigenvalue weighted by Gasteiger charge is 2.41. The standard InChI is InChI=1S/C28H30F6N4O3/c1-17-4-2-3-5-21(17)24-14-25(37-6-8-40-9-7-37)41-26-22(15-35-16-36-26)23(38(24)39)12-18-10-19(27(29,30)31)13-20(11-18)28(32,33)34/h2-5,10-11,13-14,22-23,25,35,39H,6-9,12,15-16H2,1H3. The van der Waals surface area contributed by atoms with E-state index in [0.717, 1.165) is 10.6 Å². The smallest absolute Gasteiger partial charge is 0.416 e. The van der Waals surface area contributed by atoms with Crippen molar-refractivity contribution in [2.75, 3.05) is 39.5 Å². The molecule has 3 aliphatic rings. The van der Waals surface area contributed by atoms with Gasteiger partial charge in [0.15, 0.2) is 12.1 Å². The summed E-state index contributed by atoms with van der Waals surface area (Å²) in [5.74, 6) is -0.415. The molecule has 41 heavy (non-hydrogen) atoms. The summed E-state index contributed by atoms with van der Waals surface area (Å²) in [6.07, 6.45) is -9.25. The maximum Gasteiger partial charge on any atom is 0.416 e. The Morgan fingerprint density at radius 1 is 1.00 bits per heavy atom. The Hall–Kier alpha value is -3.13. The first kappa shape index (κ1) is 29.4. The third-order valence-electron chi connectivity index (χ3n) is 7.51. The van der Waals surface area contributed by atoms with Gasteiger partial charge in [-0.05, 0) is 48.7 Å². The SMILES string of the molecule is Cc1ccccc1C1=CC(N2CCOCC2)OC2=NCNCC2C(Cc2cc(C(F)(F)F)cc(C(F)(F)F)c2)N1O. The van der Waals surface area contributed by atoms with Gasteiger partial charge < -0.3 is 9.47 Å². The lowest BCUT2D eigenvalue weighted by atomic mass is 9.89. The normalized spacial score (nSPS) is 24.5. The number of nitrogens with zero attached hydrogens (tertiary/aromatic N) is 3. The van der Waals surface area contributed by atoms with Crippen LogP contribution >= 0.6 is 0 Å². The lowest BCUT2D eigenvalue weighted by Gasteiger charge is -2.43. The molecule has 0 aromatic heterocycles. The molecule has 3 atom stereocenters. The third kappa shape index (κ3) is 6.53. The molecule has 0 bridgehead atoms. The molecule has 0 amide bonds. The van der Waals surface area contributed by atoms with Crippen molar-refractivity contribution in [3.8, 4) is 0 Å². The molecular weight excluding hydrogens is 554 g/mol. The van der Waals surface area contributed by atoms with Crippen molar-refractivity contribution < 1.29 is 41.0 Å². The van der Waals surface area contributed by atoms with Gasteiger partial charge in [0.05, 0.1) is 48.7 Å². The van der Waals surface area contributed by atoms with E-state index in [4.69, 9.17) is 9.47 Å². The summed E-state index contributed by atoms with van der Waals surface area (Å²) in [7, 11) is 0. The maximum atomic E-state index is 13.6. The van der Waals surface area contributed by atoms with Crippen molar-refractivity contribution in [3.05, 3.63) is 76.4 Å². The van der Waals surface area contributed by atoms with Crippen LogP contribution in [0.4, 0.5) is 26.3 Å². The van der Waals surface area contributed by atoms with Crippen LogP contribution in [-0.4, -0.2) is 72.9 Å². The number of nitrogens with one attached hydrogen (secondary N) is 1. The van der Waals surface area contributed by atoms with Crippen LogP contribution < -0.4 is 5.32 Å². The summed E-state index contributed by atoms with van der Waals surface area (Å²) in [4.78, 5) is 6.48. The molecule has 13 heteroatoms. The second-order valence-electron chi connectivity index (χ2n) is 10.3. The Morgan fingerprint density at radius 3 is 2.29 bits per heavy atom. The number of aliphatic imine (C=N–C) groups is 1. The maximum absolute atomic E-state index is 13.6. The first-order valence-corrected chi connectivity index (χ1v) is 13.2. The number of hydrogen-bond donors (Lipinski definition) is 2. The predicted molar refractivity (Wildman–Crippen MR) is 138 cm³/mol. The Morgan fingerprint density at radius 2 is 1.66 bits per heavy atom. The fourth-order valence-corrected chi connectivity index (χ4v) is 5.39. The van der Waals surface area contributed by atoms with E-state index in [9.17, 15) is 31.5 Å². The van der Waals surface area contributed by atoms with Crippen molar-refractivity contribution >= 4 is 11.6 Å². The van der Waals surface area contributed by atoms with Gasteiger partial charge in [0, 0.05) is 25.2 Å². The number of halogens is 6. The molecule has 222 valence electrons. The highest BCUT2D eigenvalue weighted by molar-refractivity contribution is 5.82. The number of rotatable bonds is 4. The molecule has 1 saturated heterocycles. The van der Waals surface area contributed by atoms with E-state index in [1.807, 2.05) is 24.0 Å². The van der Waals surface area contributed by atoms with Crippen LogP contribution in [0.5, 0.6) is 0 Å². The lowest BCUT2D eigenvalue weighted by Crippen LogP contribution is -2.54. The molecule has 2 aromatic carbocycles. The number of hydrogen-bond acceptors (Lipinski definition) is 7. The third-order valence-corrected chi connectivity index (χ3v) is 7.51. The van der Waals surface area contributed by atoms with Gasteiger partial charge in [-0.15, -0.1) is 0 Å². The largest absolute Gasteiger partial charge is 0.458 e. The van der Waals surface area contributed by atoms with Gasteiger partial charge in [-0.1, -0.05) is 24.3 Å². The van der Waals surface area contributed by atoms with Crippen molar-refractivity contribution in [2.45, 2.75) is 38.0 Å². The van der Waals surface area contributed by atoms with E-state index >= 15 is 0 Å². The topological polar surface area (TPSA) is 69.6 Å². The minimum atomic E-state index is -4.99. The van der Waals surface area contributed by atoms with E-state index < -0.39 is 41.7 Å². The minimum Gasteiger partial charge on any atom is -0.458 e. The quantitative estimate of drug-likeness (QED) is 0.497. The fourth-order valence-electron chi connectivity index (χ4n) is 5.39. The van der Waals surface area contributed by atoms with Crippen molar-refractivity contribution in [1.29, 1.82) is 0 Å². The number of hydroxylamine groups is 2. The zero-order chi connectivity index (χ0) is 29.4. The number of ether oxygens (including phenoxy) is 2. The van der Waals surface area contributed by atoms with Crippen LogP contribution in [0.3, 0.4) is 0 Å². The number of morpholine rings is 1. The second-order valence-corrected chi connectivity index (χ2v) is 10.3. The van der Waals surface area contributed by atoms with Crippen LogP contribution in [0.2, 0.25) is 0 Å². The lowest BCUT2D eigenvalue weighted by molar-refractivity contribution is -0.143. The van der Waals surface area contributed by atoms with Gasteiger partial charge in [-0.25, -0.2) is 4.99 Å². The van der Waals surface area contributed by atoms with E-state index in [-0.39, 0.29) is 37.2 Å². The predicted octanol–water partition coefficient (Wildman–Crippen LogP) is 4.94. The van der Waals surface area contributed by atoms with Gasteiger partial charge >= 0.3 is 12.4 Å². The average molecular weight is 585 g/mol. The summed E-state index contributed by atoms with van der Waals surface area (Å²) in [5.41, 5.74) is -1.26. The Labute approximate surface area is 233 Å². The summed E-state index contributed by atoms with van der Waals surface area (Å²) >= 11 is 0. The summed E-state index contributed by atoms with van der Waals surface area (Å²) in [6, 6.07) is 7.73. The van der Waals surface area contributed by atoms with Crippen molar-refractivity contribution in [2.24, 2.45) is 10.9 Å². The first-order valence-electron chi connectivity index (χ1n) is 13.2. The molecule has 0 saturated carbocycles. The highest BCUT2D eigenvalue weighted by Crippen LogP contribution is 2.38. The van der Waals surface area contributed by atoms with E-state index in [2.05, 4.69) is 10.3 Å². The molecule has 2 aromatic rings. The number of benzene rings is 2. The van der Waals surface area contributed by atoms with Crippen LogP contribution in [0.15, 0.2) is 53.5 Å². The average Bonchev–Trinajstić information content (AvgIpc) is 2.93. The number of fused-ring (bicyclic) bond motifs is 1. The highest BCUT2D eigenvalue weighted by atomic mass is 19.4. The molecule has 0 spiro atoms. The zero-order valence-corrected chi connectivity index (χ0v) is 22.2. The molecular formula is C28H30F6N4O3. The Balaban J connectivity index is 1.62. The van der Waals surface area contributed by atoms with Crippen LogP contribution in [0, 0.1) is 12.8 Å². The fraction of sp³-hybridized carbons (Fsp3) is 0.464. The molecule has 3 unspecified atom stereocenters. The van der Waals surface area contributed by atoms with Crippen LogP contribution in [-0.2, 0) is 28.2 Å². The molecule has 3 aliphatic heterocycles. The monoisotopic (exact) mass is 584 g/mol. The Bertz CT molecular complexity index is 1270. The zero-order valence-electron chi connectivity index (χ0n) is 22.2. The molecule has 2 N–H and O–H groups in total. The number of alkyl halides is 6. The molecule has 1 fully saturated rings. The Kier molecular flexibility index (Phi) is 8.33. The second kappa shape index (κ2) is 11.6. The van der Waals surface area contributed by atoms with Gasteiger partial charge in [-0.2, -0.15) is 26.3 Å². The van der Waals surface area contributed by atoms with Gasteiger partial charge in [0.1, 0.15) is 0 Å². The summed E-state index contributed by atoms with van der Waals surface area (Å²) < 4.78 is 93.6. The molecule has 3 heterocycles. The van der Waals surface area contributed by atoms with Crippen molar-refractivity contribution in [3.63, 3.8) is 0 Å². The van der Waals surface area contributed by atoms with Crippen LogP contribution in [0.1, 0.15) is 27.8 Å². The van der Waals surface area contributed by atoms with Crippen molar-refractivity contribution in [1.82, 2.24) is 15.3 Å². The summed E-state index contributed by atoms with van der Waals surface area (Å²) in [6.45, 7) is 4.37. The molecule has 0 aliphatic carbocycles. The minimum absolute atomic E-state index is 0.0993. The summed E-state index contributed by atoms with van der Waals surface area (Å²) in [5, 5.41) is 15.9. The van der Waals surface area contributed by atoms with Crippen LogP contribution in [0.25, 0.3) is 5.70 Å².